The average Bonchev–Trinajstić information content (AvgIpc) is 1.90. The number of rotatable bonds is 1. The van der Waals surface area contributed by atoms with Gasteiger partial charge in [-0.2, -0.15) is 0 Å². The first kappa shape index (κ1) is 6.48. The van der Waals surface area contributed by atoms with Crippen LogP contribution in [0.25, 0.3) is 0 Å². The number of nitrogens with two attached hydrogens (primary N) is 1. The second-order valence-electron chi connectivity index (χ2n) is 1.76. The molecule has 0 radical (unpaired) electrons. The summed E-state index contributed by atoms with van der Waals surface area (Å²) in [5.41, 5.74) is 5.02. The van der Waals surface area contributed by atoms with Crippen molar-refractivity contribution in [1.29, 1.82) is 0 Å². The Kier molecular flexibility index (Phi) is 2.00. The summed E-state index contributed by atoms with van der Waals surface area (Å²) in [7, 11) is 0. The zero-order chi connectivity index (χ0) is 6.69. The zero-order valence-electron chi connectivity index (χ0n) is 4.83. The predicted molar refractivity (Wildman–Crippen MR) is 37.7 cm³/mol. The number of carbonyl (C=O) groups is 1. The maximum Gasteiger partial charge on any atom is 0.240 e. The van der Waals surface area contributed by atoms with Crippen LogP contribution in [0.15, 0.2) is 11.6 Å². The van der Waals surface area contributed by atoms with Gasteiger partial charge in [0, 0.05) is 12.0 Å². The van der Waals surface area contributed by atoms with Crippen molar-refractivity contribution in [3.8, 4) is 0 Å². The fourth-order valence-electron chi connectivity index (χ4n) is 0.568. The fraction of sp³-hybridized carbons (Fsp3) is 0.400. The lowest BCUT2D eigenvalue weighted by molar-refractivity contribution is -0.119. The molecule has 0 aliphatic carbocycles. The fourth-order valence-corrected chi connectivity index (χ4v) is 1.31. The van der Waals surface area contributed by atoms with Crippen molar-refractivity contribution in [2.75, 3.05) is 5.75 Å². The molecule has 50 valence electrons. The van der Waals surface area contributed by atoms with E-state index in [0.29, 0.717) is 0 Å². The summed E-state index contributed by atoms with van der Waals surface area (Å²) >= 11 is 1.59. The molecule has 0 aromatic carbocycles. The van der Waals surface area contributed by atoms with Crippen molar-refractivity contribution < 1.29 is 4.79 Å². The van der Waals surface area contributed by atoms with Gasteiger partial charge in [0.05, 0.1) is 0 Å². The van der Waals surface area contributed by atoms with Gasteiger partial charge in [-0.25, -0.2) is 0 Å². The first-order valence-corrected chi connectivity index (χ1v) is 3.67. The highest BCUT2D eigenvalue weighted by molar-refractivity contribution is 8.02. The number of hydrogen-bond acceptors (Lipinski definition) is 3. The van der Waals surface area contributed by atoms with E-state index < -0.39 is 0 Å². The maximum absolute atomic E-state index is 10.5. The third kappa shape index (κ3) is 1.64. The van der Waals surface area contributed by atoms with Gasteiger partial charge in [0.1, 0.15) is 6.04 Å². The van der Waals surface area contributed by atoms with Crippen LogP contribution >= 0.6 is 11.8 Å². The van der Waals surface area contributed by atoms with Gasteiger partial charge in [-0.3, -0.25) is 4.79 Å². The quantitative estimate of drug-likeness (QED) is 0.529. The van der Waals surface area contributed by atoms with Crippen LogP contribution in [0.3, 0.4) is 0 Å². The van der Waals surface area contributed by atoms with Crippen LogP contribution in [-0.2, 0) is 4.79 Å². The summed E-state index contributed by atoms with van der Waals surface area (Å²) < 4.78 is 0. The lowest BCUT2D eigenvalue weighted by Crippen LogP contribution is -2.41. The van der Waals surface area contributed by atoms with Crippen LogP contribution in [0.5, 0.6) is 0 Å². The Hall–Kier alpha value is -0.640. The molecule has 9 heavy (non-hydrogen) atoms. The van der Waals surface area contributed by atoms with E-state index >= 15 is 0 Å². The van der Waals surface area contributed by atoms with Crippen molar-refractivity contribution in [3.05, 3.63) is 11.6 Å². The first-order chi connectivity index (χ1) is 4.30. The Morgan fingerprint density at radius 3 is 3.00 bits per heavy atom. The summed E-state index contributed by atoms with van der Waals surface area (Å²) in [6.07, 6.45) is 1.74. The van der Waals surface area contributed by atoms with Gasteiger partial charge in [0.2, 0.25) is 5.91 Å². The van der Waals surface area contributed by atoms with E-state index in [4.69, 9.17) is 5.73 Å². The molecule has 0 saturated heterocycles. The molecule has 4 heteroatoms. The number of carbonyl (C=O) groups excluding carboxylic acids is 1. The second kappa shape index (κ2) is 2.77. The normalized spacial score (nSPS) is 25.1. The molecule has 1 aliphatic rings. The minimum absolute atomic E-state index is 0.181. The van der Waals surface area contributed by atoms with E-state index in [0.717, 1.165) is 5.75 Å². The number of primary amides is 1. The van der Waals surface area contributed by atoms with Gasteiger partial charge in [0.25, 0.3) is 0 Å². The second-order valence-corrected chi connectivity index (χ2v) is 2.70. The molecule has 3 N–H and O–H groups in total. The molecule has 3 nitrogen and oxygen atoms in total. The summed E-state index contributed by atoms with van der Waals surface area (Å²) in [5, 5.41) is 4.74. The maximum atomic E-state index is 10.5. The van der Waals surface area contributed by atoms with Crippen molar-refractivity contribution >= 4 is 17.7 Å². The molecule has 1 aliphatic heterocycles. The minimum atomic E-state index is -0.285. The van der Waals surface area contributed by atoms with Crippen LogP contribution in [0.4, 0.5) is 0 Å². The smallest absolute Gasteiger partial charge is 0.240 e. The van der Waals surface area contributed by atoms with Crippen LogP contribution < -0.4 is 11.1 Å². The molecule has 1 atom stereocenters. The van der Waals surface area contributed by atoms with Gasteiger partial charge in [0.15, 0.2) is 0 Å². The summed E-state index contributed by atoms with van der Waals surface area (Å²) in [4.78, 5) is 10.5. The topological polar surface area (TPSA) is 55.1 Å². The Morgan fingerprint density at radius 2 is 2.67 bits per heavy atom. The minimum Gasteiger partial charge on any atom is -0.379 e. The highest BCUT2D eigenvalue weighted by Crippen LogP contribution is 2.08. The van der Waals surface area contributed by atoms with E-state index in [2.05, 4.69) is 5.32 Å². The van der Waals surface area contributed by atoms with E-state index in [1.165, 1.54) is 0 Å². The average molecular weight is 144 g/mol. The summed E-state index contributed by atoms with van der Waals surface area (Å²) in [5.74, 6) is 0.457. The molecule has 0 bridgehead atoms. The molecule has 1 heterocycles. The molecule has 0 saturated carbocycles. The van der Waals surface area contributed by atoms with Crippen LogP contribution in [-0.4, -0.2) is 17.7 Å². The molecule has 0 spiro atoms. The monoisotopic (exact) mass is 144 g/mol. The van der Waals surface area contributed by atoms with Gasteiger partial charge >= 0.3 is 0 Å². The molecule has 0 fully saturated rings. The van der Waals surface area contributed by atoms with Gasteiger partial charge < -0.3 is 11.1 Å². The zero-order valence-corrected chi connectivity index (χ0v) is 5.65. The third-order valence-corrected chi connectivity index (χ3v) is 1.92. The van der Waals surface area contributed by atoms with E-state index in [1.807, 2.05) is 5.41 Å². The number of hydrogen-bond donors (Lipinski definition) is 2. The Balaban J connectivity index is 2.44. The van der Waals surface area contributed by atoms with Crippen molar-refractivity contribution in [1.82, 2.24) is 5.32 Å². The number of thioether (sulfide) groups is 1. The van der Waals surface area contributed by atoms with E-state index in [1.54, 1.807) is 18.0 Å². The van der Waals surface area contributed by atoms with Crippen molar-refractivity contribution in [3.63, 3.8) is 0 Å². The van der Waals surface area contributed by atoms with Gasteiger partial charge in [-0.1, -0.05) is 0 Å². The van der Waals surface area contributed by atoms with Crippen molar-refractivity contribution in [2.24, 2.45) is 5.73 Å². The SMILES string of the molecule is NC(=O)C1CSC=CN1. The lowest BCUT2D eigenvalue weighted by Gasteiger charge is -2.15. The standard InChI is InChI=1S/C5H8N2OS/c6-5(8)4-3-9-2-1-7-4/h1-2,4,7H,3H2,(H2,6,8). The molecule has 1 unspecified atom stereocenters. The summed E-state index contributed by atoms with van der Waals surface area (Å²) in [6.45, 7) is 0. The molecular formula is C5H8N2OS. The molecule has 1 amide bonds. The molecule has 0 aromatic heterocycles. The van der Waals surface area contributed by atoms with E-state index in [9.17, 15) is 4.79 Å². The lowest BCUT2D eigenvalue weighted by atomic mass is 10.3. The predicted octanol–water partition coefficient (Wildman–Crippen LogP) is -0.352. The van der Waals surface area contributed by atoms with Crippen LogP contribution in [0, 0.1) is 0 Å². The Bertz CT molecular complexity index is 146. The Morgan fingerprint density at radius 1 is 1.89 bits per heavy atom. The number of nitrogens with one attached hydrogen (secondary N) is 1. The largest absolute Gasteiger partial charge is 0.379 e. The van der Waals surface area contributed by atoms with Gasteiger partial charge in [-0.05, 0) is 5.41 Å². The Labute approximate surface area is 57.7 Å². The van der Waals surface area contributed by atoms with Crippen LogP contribution in [0.1, 0.15) is 0 Å². The molecule has 0 aromatic rings. The first-order valence-electron chi connectivity index (χ1n) is 2.62. The summed E-state index contributed by atoms with van der Waals surface area (Å²) in [6, 6.07) is -0.181. The third-order valence-electron chi connectivity index (χ3n) is 1.07. The van der Waals surface area contributed by atoms with Crippen LogP contribution in [0.2, 0.25) is 0 Å². The number of amides is 1. The molecular weight excluding hydrogens is 136 g/mol. The van der Waals surface area contributed by atoms with Gasteiger partial charge in [-0.15, -0.1) is 11.8 Å². The van der Waals surface area contributed by atoms with E-state index in [-0.39, 0.29) is 11.9 Å². The highest BCUT2D eigenvalue weighted by atomic mass is 32.2. The highest BCUT2D eigenvalue weighted by Gasteiger charge is 2.13. The van der Waals surface area contributed by atoms with Crippen molar-refractivity contribution in [2.45, 2.75) is 6.04 Å². The molecule has 1 rings (SSSR count).